The van der Waals surface area contributed by atoms with Gasteiger partial charge in [0.05, 0.1) is 28.7 Å². The number of morpholine rings is 1. The molecule has 0 aliphatic carbocycles. The summed E-state index contributed by atoms with van der Waals surface area (Å²) in [5.41, 5.74) is 1.21. The number of anilines is 1. The fourth-order valence-electron chi connectivity index (χ4n) is 2.75. The third-order valence-corrected chi connectivity index (χ3v) is 6.80. The third-order valence-electron chi connectivity index (χ3n) is 4.21. The molecule has 0 unspecified atom stereocenters. The topological polar surface area (TPSA) is 75.7 Å². The van der Waals surface area contributed by atoms with Crippen LogP contribution in [0.3, 0.4) is 0 Å². The van der Waals surface area contributed by atoms with Crippen LogP contribution in [0.2, 0.25) is 10.0 Å². The summed E-state index contributed by atoms with van der Waals surface area (Å²) in [5, 5.41) is 3.33. The number of sulfonamides is 1. The molecule has 1 fully saturated rings. The fraction of sp³-hybridized carbons (Fsp3) is 0.278. The zero-order valence-electron chi connectivity index (χ0n) is 14.5. The van der Waals surface area contributed by atoms with Gasteiger partial charge in [0.1, 0.15) is 0 Å². The average molecular weight is 429 g/mol. The molecule has 1 aliphatic heterocycles. The van der Waals surface area contributed by atoms with E-state index in [1.54, 1.807) is 25.1 Å². The van der Waals surface area contributed by atoms with Crippen molar-refractivity contribution in [3.05, 3.63) is 57.6 Å². The molecule has 0 bridgehead atoms. The number of hydrogen-bond acceptors (Lipinski definition) is 4. The maximum Gasteiger partial charge on any atom is 0.257 e. The third kappa shape index (κ3) is 4.44. The molecule has 3 rings (SSSR count). The molecule has 1 aliphatic rings. The predicted octanol–water partition coefficient (Wildman–Crippen LogP) is 3.58. The minimum atomic E-state index is -3.67. The number of halogens is 2. The maximum atomic E-state index is 12.9. The second kappa shape index (κ2) is 8.16. The molecule has 0 aromatic heterocycles. The molecule has 1 N–H and O–H groups in total. The normalized spacial score (nSPS) is 15.5. The summed E-state index contributed by atoms with van der Waals surface area (Å²) >= 11 is 11.9. The molecule has 0 saturated carbocycles. The Morgan fingerprint density at radius 1 is 1.11 bits per heavy atom. The van der Waals surface area contributed by atoms with E-state index in [1.807, 2.05) is 0 Å². The van der Waals surface area contributed by atoms with Crippen molar-refractivity contribution >= 4 is 44.8 Å². The van der Waals surface area contributed by atoms with Gasteiger partial charge < -0.3 is 10.1 Å². The summed E-state index contributed by atoms with van der Waals surface area (Å²) in [6, 6.07) is 9.32. The van der Waals surface area contributed by atoms with Crippen LogP contribution >= 0.6 is 23.2 Å². The number of benzene rings is 2. The van der Waals surface area contributed by atoms with Crippen LogP contribution in [-0.2, 0) is 14.8 Å². The molecular formula is C18H18Cl2N2O4S. The van der Waals surface area contributed by atoms with Gasteiger partial charge in [0.15, 0.2) is 0 Å². The molecule has 1 saturated heterocycles. The van der Waals surface area contributed by atoms with Crippen LogP contribution in [0.1, 0.15) is 15.9 Å². The van der Waals surface area contributed by atoms with Gasteiger partial charge >= 0.3 is 0 Å². The molecule has 1 heterocycles. The molecule has 1 amide bonds. The number of hydrogen-bond donors (Lipinski definition) is 1. The highest BCUT2D eigenvalue weighted by atomic mass is 35.5. The highest BCUT2D eigenvalue weighted by molar-refractivity contribution is 7.89. The van der Waals surface area contributed by atoms with Crippen molar-refractivity contribution in [3.63, 3.8) is 0 Å². The van der Waals surface area contributed by atoms with Crippen molar-refractivity contribution in [2.45, 2.75) is 11.8 Å². The number of nitrogens with zero attached hydrogens (tertiary/aromatic N) is 1. The first-order chi connectivity index (χ1) is 12.8. The van der Waals surface area contributed by atoms with Gasteiger partial charge in [0, 0.05) is 23.8 Å². The van der Waals surface area contributed by atoms with E-state index >= 15 is 0 Å². The summed E-state index contributed by atoms with van der Waals surface area (Å²) in [6.45, 7) is 3.06. The van der Waals surface area contributed by atoms with Gasteiger partial charge in [-0.05, 0) is 42.8 Å². The number of aryl methyl sites for hydroxylation is 1. The van der Waals surface area contributed by atoms with E-state index in [0.29, 0.717) is 42.6 Å². The lowest BCUT2D eigenvalue weighted by molar-refractivity contribution is 0.0730. The standard InChI is InChI=1S/C18H18Cl2N2O4S/c1-12-2-4-14(21-18(23)15-5-3-13(19)10-16(15)20)11-17(12)27(24,25)22-6-8-26-9-7-22/h2-5,10-11H,6-9H2,1H3,(H,21,23). The van der Waals surface area contributed by atoms with Crippen molar-refractivity contribution in [1.82, 2.24) is 4.31 Å². The van der Waals surface area contributed by atoms with Crippen LogP contribution in [0.15, 0.2) is 41.3 Å². The van der Waals surface area contributed by atoms with Crippen LogP contribution in [0.25, 0.3) is 0 Å². The summed E-state index contributed by atoms with van der Waals surface area (Å²) in [7, 11) is -3.67. The molecule has 0 spiro atoms. The van der Waals surface area contributed by atoms with Crippen molar-refractivity contribution in [2.75, 3.05) is 31.6 Å². The van der Waals surface area contributed by atoms with Crippen LogP contribution < -0.4 is 5.32 Å². The van der Waals surface area contributed by atoms with E-state index in [2.05, 4.69) is 5.32 Å². The number of carbonyl (C=O) groups excluding carboxylic acids is 1. The van der Waals surface area contributed by atoms with Crippen molar-refractivity contribution in [2.24, 2.45) is 0 Å². The molecule has 9 heteroatoms. The van der Waals surface area contributed by atoms with Gasteiger partial charge in [-0.25, -0.2) is 8.42 Å². The molecular weight excluding hydrogens is 411 g/mol. The van der Waals surface area contributed by atoms with Gasteiger partial charge in [-0.1, -0.05) is 29.3 Å². The van der Waals surface area contributed by atoms with Gasteiger partial charge in [-0.2, -0.15) is 4.31 Å². The van der Waals surface area contributed by atoms with Crippen LogP contribution in [-0.4, -0.2) is 44.9 Å². The minimum absolute atomic E-state index is 0.157. The first-order valence-electron chi connectivity index (χ1n) is 8.24. The van der Waals surface area contributed by atoms with Crippen LogP contribution in [0.5, 0.6) is 0 Å². The molecule has 144 valence electrons. The van der Waals surface area contributed by atoms with Gasteiger partial charge in [-0.15, -0.1) is 0 Å². The molecule has 27 heavy (non-hydrogen) atoms. The van der Waals surface area contributed by atoms with Crippen molar-refractivity contribution in [1.29, 1.82) is 0 Å². The number of amides is 1. The Morgan fingerprint density at radius 3 is 2.48 bits per heavy atom. The Morgan fingerprint density at radius 2 is 1.81 bits per heavy atom. The predicted molar refractivity (Wildman–Crippen MR) is 105 cm³/mol. The summed E-state index contributed by atoms with van der Waals surface area (Å²) < 4.78 is 32.5. The molecule has 2 aromatic carbocycles. The highest BCUT2D eigenvalue weighted by Crippen LogP contribution is 2.26. The number of nitrogens with one attached hydrogen (secondary N) is 1. The first-order valence-corrected chi connectivity index (χ1v) is 10.4. The first kappa shape index (κ1) is 20.1. The molecule has 6 nitrogen and oxygen atoms in total. The van der Waals surface area contributed by atoms with E-state index in [-0.39, 0.29) is 15.5 Å². The monoisotopic (exact) mass is 428 g/mol. The minimum Gasteiger partial charge on any atom is -0.379 e. The average Bonchev–Trinajstić information content (AvgIpc) is 2.63. The Hall–Kier alpha value is -1.64. The molecule has 0 radical (unpaired) electrons. The van der Waals surface area contributed by atoms with Crippen LogP contribution in [0, 0.1) is 6.92 Å². The Balaban J connectivity index is 1.88. The van der Waals surface area contributed by atoms with Crippen LogP contribution in [0.4, 0.5) is 5.69 Å². The van der Waals surface area contributed by atoms with Crippen molar-refractivity contribution in [3.8, 4) is 0 Å². The largest absolute Gasteiger partial charge is 0.379 e. The van der Waals surface area contributed by atoms with Gasteiger partial charge in [0.2, 0.25) is 10.0 Å². The highest BCUT2D eigenvalue weighted by Gasteiger charge is 2.28. The Bertz CT molecular complexity index is 973. The summed E-state index contributed by atoms with van der Waals surface area (Å²) in [6.07, 6.45) is 0. The Labute approximate surface area is 168 Å². The quantitative estimate of drug-likeness (QED) is 0.807. The number of ether oxygens (including phenoxy) is 1. The smallest absolute Gasteiger partial charge is 0.257 e. The second-order valence-corrected chi connectivity index (χ2v) is 8.83. The zero-order chi connectivity index (χ0) is 19.6. The number of rotatable bonds is 4. The summed E-state index contributed by atoms with van der Waals surface area (Å²) in [5.74, 6) is -0.449. The van der Waals surface area contributed by atoms with E-state index in [9.17, 15) is 13.2 Å². The lowest BCUT2D eigenvalue weighted by Gasteiger charge is -2.26. The van der Waals surface area contributed by atoms with Crippen molar-refractivity contribution < 1.29 is 17.9 Å². The van der Waals surface area contributed by atoms with Gasteiger partial charge in [0.25, 0.3) is 5.91 Å². The van der Waals surface area contributed by atoms with E-state index in [0.717, 1.165) is 0 Å². The van der Waals surface area contributed by atoms with E-state index in [4.69, 9.17) is 27.9 Å². The fourth-order valence-corrected chi connectivity index (χ4v) is 4.91. The Kier molecular flexibility index (Phi) is 6.08. The maximum absolute atomic E-state index is 12.9. The SMILES string of the molecule is Cc1ccc(NC(=O)c2ccc(Cl)cc2Cl)cc1S(=O)(=O)N1CCOCC1. The van der Waals surface area contributed by atoms with E-state index in [1.165, 1.54) is 22.5 Å². The summed E-state index contributed by atoms with van der Waals surface area (Å²) in [4.78, 5) is 12.6. The lowest BCUT2D eigenvalue weighted by Crippen LogP contribution is -2.40. The van der Waals surface area contributed by atoms with Gasteiger partial charge in [-0.3, -0.25) is 4.79 Å². The molecule has 2 aromatic rings. The number of carbonyl (C=O) groups is 1. The van der Waals surface area contributed by atoms with E-state index < -0.39 is 15.9 Å². The molecule has 0 atom stereocenters. The second-order valence-electron chi connectivity index (χ2n) is 6.08. The lowest BCUT2D eigenvalue weighted by atomic mass is 10.2. The zero-order valence-corrected chi connectivity index (χ0v) is 16.9.